The van der Waals surface area contributed by atoms with Crippen LogP contribution in [-0.2, 0) is 4.79 Å². The molecule has 33 heavy (non-hydrogen) atoms. The van der Waals surface area contributed by atoms with Gasteiger partial charge in [0.05, 0.1) is 10.5 Å². The Kier molecular flexibility index (Phi) is 4.98. The maximum absolute atomic E-state index is 12.6. The van der Waals surface area contributed by atoms with Crippen molar-refractivity contribution in [3.63, 3.8) is 0 Å². The molecule has 9 nitrogen and oxygen atoms in total. The summed E-state index contributed by atoms with van der Waals surface area (Å²) in [5.41, 5.74) is 2.64. The molecule has 0 saturated carbocycles. The van der Waals surface area contributed by atoms with Crippen molar-refractivity contribution in [2.75, 3.05) is 0 Å². The molecular weight excluding hydrogens is 442 g/mol. The van der Waals surface area contributed by atoms with Gasteiger partial charge in [0.1, 0.15) is 16.6 Å². The van der Waals surface area contributed by atoms with Crippen molar-refractivity contribution in [3.05, 3.63) is 93.2 Å². The van der Waals surface area contributed by atoms with Gasteiger partial charge in [0.25, 0.3) is 11.6 Å². The topological polar surface area (TPSA) is 125 Å². The van der Waals surface area contributed by atoms with Crippen LogP contribution in [0.15, 0.2) is 80.7 Å². The van der Waals surface area contributed by atoms with Gasteiger partial charge in [-0.1, -0.05) is 24.3 Å². The fourth-order valence-electron chi connectivity index (χ4n) is 3.39. The summed E-state index contributed by atoms with van der Waals surface area (Å²) in [5, 5.41) is 26.2. The highest BCUT2D eigenvalue weighted by Gasteiger charge is 2.36. The molecule has 0 saturated heterocycles. The summed E-state index contributed by atoms with van der Waals surface area (Å²) in [6.45, 7) is 1.97. The molecule has 0 unspecified atom stereocenters. The van der Waals surface area contributed by atoms with Crippen LogP contribution in [0.5, 0.6) is 0 Å². The fourth-order valence-corrected chi connectivity index (χ4v) is 4.37. The third-order valence-corrected chi connectivity index (χ3v) is 6.05. The van der Waals surface area contributed by atoms with Crippen molar-refractivity contribution in [1.82, 2.24) is 5.01 Å². The zero-order chi connectivity index (χ0) is 23.1. The highest BCUT2D eigenvalue weighted by atomic mass is 32.2. The van der Waals surface area contributed by atoms with Gasteiger partial charge in [-0.25, -0.2) is 0 Å². The Morgan fingerprint density at radius 1 is 1.12 bits per heavy atom. The van der Waals surface area contributed by atoms with Gasteiger partial charge in [-0.05, 0) is 54.6 Å². The standard InChI is InChI=1S/C23H15N5O4S/c1-13-4-2-3-5-17(13)22-26-27-20(24)18(21(29)25-23(27)33-22)12-16-10-11-19(32-16)14-6-8-15(9-7-14)28(30)31/h2-12,24H,1H3/b18-12-,24-20?. The van der Waals surface area contributed by atoms with Crippen LogP contribution < -0.4 is 0 Å². The lowest BCUT2D eigenvalue weighted by Gasteiger charge is -2.19. The molecule has 3 aromatic rings. The highest BCUT2D eigenvalue weighted by Crippen LogP contribution is 2.32. The largest absolute Gasteiger partial charge is 0.457 e. The van der Waals surface area contributed by atoms with E-state index in [9.17, 15) is 14.9 Å². The number of carbonyl (C=O) groups is 1. The third-order valence-electron chi connectivity index (χ3n) is 5.11. The van der Waals surface area contributed by atoms with E-state index in [0.717, 1.165) is 11.1 Å². The third kappa shape index (κ3) is 3.76. The van der Waals surface area contributed by atoms with Crippen molar-refractivity contribution in [2.24, 2.45) is 10.1 Å². The highest BCUT2D eigenvalue weighted by molar-refractivity contribution is 8.27. The average molecular weight is 457 g/mol. The van der Waals surface area contributed by atoms with E-state index in [1.165, 1.54) is 35.0 Å². The van der Waals surface area contributed by atoms with E-state index in [4.69, 9.17) is 9.83 Å². The summed E-state index contributed by atoms with van der Waals surface area (Å²) >= 11 is 1.25. The molecule has 1 amide bonds. The van der Waals surface area contributed by atoms with E-state index >= 15 is 0 Å². The van der Waals surface area contributed by atoms with Crippen LogP contribution in [0.25, 0.3) is 17.4 Å². The van der Waals surface area contributed by atoms with E-state index in [-0.39, 0.29) is 17.1 Å². The van der Waals surface area contributed by atoms with E-state index in [1.54, 1.807) is 24.3 Å². The number of aliphatic imine (C=N–C) groups is 1. The van der Waals surface area contributed by atoms with E-state index in [0.29, 0.717) is 27.3 Å². The van der Waals surface area contributed by atoms with Crippen LogP contribution in [0.4, 0.5) is 5.69 Å². The molecule has 0 fully saturated rings. The van der Waals surface area contributed by atoms with Gasteiger partial charge >= 0.3 is 0 Å². The molecule has 3 heterocycles. The normalized spacial score (nSPS) is 16.6. The summed E-state index contributed by atoms with van der Waals surface area (Å²) in [6, 6.07) is 17.1. The van der Waals surface area contributed by atoms with Crippen molar-refractivity contribution in [3.8, 4) is 11.3 Å². The maximum Gasteiger partial charge on any atom is 0.283 e. The van der Waals surface area contributed by atoms with Crippen molar-refractivity contribution < 1.29 is 14.1 Å². The number of hydrogen-bond donors (Lipinski definition) is 1. The molecule has 0 aliphatic carbocycles. The number of non-ortho nitro benzene ring substituents is 1. The molecule has 2 aliphatic rings. The van der Waals surface area contributed by atoms with Gasteiger partial charge in [-0.2, -0.15) is 15.1 Å². The van der Waals surface area contributed by atoms with Gasteiger partial charge < -0.3 is 4.42 Å². The summed E-state index contributed by atoms with van der Waals surface area (Å²) in [7, 11) is 0. The number of hydrogen-bond acceptors (Lipinski definition) is 7. The molecule has 2 aromatic carbocycles. The predicted molar refractivity (Wildman–Crippen MR) is 126 cm³/mol. The van der Waals surface area contributed by atoms with Gasteiger partial charge in [0.15, 0.2) is 5.84 Å². The predicted octanol–water partition coefficient (Wildman–Crippen LogP) is 4.83. The fraction of sp³-hybridized carbons (Fsp3) is 0.0435. The molecule has 0 bridgehead atoms. The molecule has 1 aromatic heterocycles. The van der Waals surface area contributed by atoms with Crippen LogP contribution >= 0.6 is 11.8 Å². The molecule has 5 rings (SSSR count). The maximum atomic E-state index is 12.6. The Balaban J connectivity index is 1.43. The number of nitrogens with zero attached hydrogens (tertiary/aromatic N) is 4. The number of thioether (sulfide) groups is 1. The first kappa shape index (κ1) is 20.6. The molecule has 2 aliphatic heterocycles. The SMILES string of the molecule is Cc1ccccc1C1=NN2C(=N)/C(=C/c3ccc(-c4ccc([N+](=O)[O-])cc4)o3)C(=O)N=C2S1. The molecule has 0 radical (unpaired) electrons. The van der Waals surface area contributed by atoms with Crippen molar-refractivity contribution in [1.29, 1.82) is 5.41 Å². The van der Waals surface area contributed by atoms with Gasteiger partial charge in [-0.15, -0.1) is 0 Å². The number of fused-ring (bicyclic) bond motifs is 1. The number of furan rings is 1. The van der Waals surface area contributed by atoms with Gasteiger partial charge in [0, 0.05) is 23.3 Å². The first-order valence-corrected chi connectivity index (χ1v) is 10.6. The first-order valence-electron chi connectivity index (χ1n) is 9.81. The first-order chi connectivity index (χ1) is 15.9. The monoisotopic (exact) mass is 457 g/mol. The Labute approximate surface area is 191 Å². The second kappa shape index (κ2) is 7.99. The summed E-state index contributed by atoms with van der Waals surface area (Å²) < 4.78 is 5.78. The minimum absolute atomic E-state index is 0.0170. The molecular formula is C23H15N5O4S. The Bertz CT molecular complexity index is 1420. The van der Waals surface area contributed by atoms with Crippen LogP contribution in [0.3, 0.4) is 0 Å². The Morgan fingerprint density at radius 2 is 1.88 bits per heavy atom. The van der Waals surface area contributed by atoms with Gasteiger partial charge in [-0.3, -0.25) is 20.3 Å². The van der Waals surface area contributed by atoms with E-state index < -0.39 is 10.8 Å². The average Bonchev–Trinajstić information content (AvgIpc) is 3.44. The van der Waals surface area contributed by atoms with Crippen molar-refractivity contribution >= 4 is 45.5 Å². The Morgan fingerprint density at radius 3 is 2.61 bits per heavy atom. The number of amidine groups is 2. The smallest absolute Gasteiger partial charge is 0.283 e. The number of nitro groups is 1. The number of benzene rings is 2. The summed E-state index contributed by atoms with van der Waals surface area (Å²) in [5.74, 6) is 0.194. The van der Waals surface area contributed by atoms with Crippen molar-refractivity contribution in [2.45, 2.75) is 6.92 Å². The minimum Gasteiger partial charge on any atom is -0.457 e. The number of nitrogens with one attached hydrogen (secondary N) is 1. The van der Waals surface area contributed by atoms with E-state index in [1.807, 2.05) is 31.2 Å². The second-order valence-corrected chi connectivity index (χ2v) is 8.20. The molecule has 1 N–H and O–H groups in total. The zero-order valence-corrected chi connectivity index (χ0v) is 18.0. The lowest BCUT2D eigenvalue weighted by Crippen LogP contribution is -2.35. The summed E-state index contributed by atoms with van der Waals surface area (Å²) in [6.07, 6.45) is 1.45. The molecule has 0 spiro atoms. The lowest BCUT2D eigenvalue weighted by molar-refractivity contribution is -0.384. The van der Waals surface area contributed by atoms with Crippen LogP contribution in [0, 0.1) is 22.4 Å². The summed E-state index contributed by atoms with van der Waals surface area (Å²) in [4.78, 5) is 27.1. The minimum atomic E-state index is -0.548. The number of hydrazone groups is 1. The number of rotatable bonds is 4. The van der Waals surface area contributed by atoms with Crippen LogP contribution in [0.1, 0.15) is 16.9 Å². The number of carbonyl (C=O) groups excluding carboxylic acids is 1. The number of nitro benzene ring substituents is 1. The van der Waals surface area contributed by atoms with Gasteiger partial charge in [0.2, 0.25) is 5.17 Å². The molecule has 10 heteroatoms. The zero-order valence-electron chi connectivity index (χ0n) is 17.2. The second-order valence-electron chi connectivity index (χ2n) is 7.25. The van der Waals surface area contributed by atoms with Crippen LogP contribution in [-0.4, -0.2) is 31.9 Å². The number of aryl methyl sites for hydroxylation is 1. The lowest BCUT2D eigenvalue weighted by atomic mass is 10.1. The molecule has 0 atom stereocenters. The Hall–Kier alpha value is -4.31. The van der Waals surface area contributed by atoms with Crippen LogP contribution in [0.2, 0.25) is 0 Å². The molecule has 162 valence electrons. The quantitative estimate of drug-likeness (QED) is 0.340. The number of amides is 1. The van der Waals surface area contributed by atoms with E-state index in [2.05, 4.69) is 10.1 Å².